The van der Waals surface area contributed by atoms with Gasteiger partial charge in [0.15, 0.2) is 0 Å². The molecule has 1 saturated heterocycles. The molecular formula is C16H23N3. The first-order valence-electron chi connectivity index (χ1n) is 7.33. The van der Waals surface area contributed by atoms with Crippen LogP contribution in [0.5, 0.6) is 0 Å². The highest BCUT2D eigenvalue weighted by molar-refractivity contribution is 5.53. The third-order valence-electron chi connectivity index (χ3n) is 4.36. The van der Waals surface area contributed by atoms with Crippen molar-refractivity contribution in [3.05, 3.63) is 35.9 Å². The fourth-order valence-corrected chi connectivity index (χ4v) is 3.17. The molecule has 0 aromatic carbocycles. The topological polar surface area (TPSA) is 20.5 Å². The van der Waals surface area contributed by atoms with E-state index in [4.69, 9.17) is 4.98 Å². The molecule has 2 aromatic heterocycles. The number of imidazole rings is 1. The molecule has 3 nitrogen and oxygen atoms in total. The van der Waals surface area contributed by atoms with Gasteiger partial charge in [-0.1, -0.05) is 6.07 Å². The first-order valence-corrected chi connectivity index (χ1v) is 7.33. The molecule has 2 aromatic rings. The van der Waals surface area contributed by atoms with Crippen LogP contribution in [0.3, 0.4) is 0 Å². The van der Waals surface area contributed by atoms with Crippen LogP contribution in [0.2, 0.25) is 0 Å². The molecule has 3 rings (SSSR count). The van der Waals surface area contributed by atoms with E-state index in [0.29, 0.717) is 12.0 Å². The number of fused-ring (bicyclic) bond motifs is 1. The lowest BCUT2D eigenvalue weighted by Crippen LogP contribution is -2.39. The van der Waals surface area contributed by atoms with Crippen molar-refractivity contribution in [3.8, 4) is 0 Å². The number of hydrogen-bond acceptors (Lipinski definition) is 2. The minimum atomic E-state index is 0.570. The number of rotatable bonds is 2. The number of aryl methyl sites for hydroxylation is 1. The van der Waals surface area contributed by atoms with Gasteiger partial charge in [-0.05, 0) is 51.8 Å². The third kappa shape index (κ3) is 2.27. The Balaban J connectivity index is 1.94. The van der Waals surface area contributed by atoms with Gasteiger partial charge < -0.3 is 9.30 Å². The Hall–Kier alpha value is -1.35. The maximum absolute atomic E-state index is 4.71. The van der Waals surface area contributed by atoms with E-state index in [2.05, 4.69) is 48.4 Å². The lowest BCUT2D eigenvalue weighted by molar-refractivity contribution is 0.164. The zero-order valence-electron chi connectivity index (χ0n) is 12.1. The molecule has 1 unspecified atom stereocenters. The van der Waals surface area contributed by atoms with Crippen LogP contribution >= 0.6 is 0 Å². The first-order chi connectivity index (χ1) is 9.16. The van der Waals surface area contributed by atoms with E-state index in [0.717, 1.165) is 6.54 Å². The largest absolute Gasteiger partial charge is 0.303 e. The van der Waals surface area contributed by atoms with Crippen molar-refractivity contribution in [1.29, 1.82) is 0 Å². The maximum atomic E-state index is 4.71. The highest BCUT2D eigenvalue weighted by atomic mass is 15.2. The van der Waals surface area contributed by atoms with Crippen molar-refractivity contribution >= 4 is 5.52 Å². The average Bonchev–Trinajstić information content (AvgIpc) is 2.84. The highest BCUT2D eigenvalue weighted by Gasteiger charge is 2.25. The summed E-state index contributed by atoms with van der Waals surface area (Å²) in [6.45, 7) is 9.11. The zero-order valence-corrected chi connectivity index (χ0v) is 12.1. The Kier molecular flexibility index (Phi) is 3.31. The van der Waals surface area contributed by atoms with Gasteiger partial charge in [-0.3, -0.25) is 0 Å². The van der Waals surface area contributed by atoms with Crippen molar-refractivity contribution in [1.82, 2.24) is 14.3 Å². The van der Waals surface area contributed by atoms with E-state index in [1.165, 1.54) is 36.3 Å². The second-order valence-corrected chi connectivity index (χ2v) is 5.99. The molecule has 3 heteroatoms. The molecule has 0 radical (unpaired) electrons. The van der Waals surface area contributed by atoms with Crippen LogP contribution in [0.25, 0.3) is 5.52 Å². The Bertz CT molecular complexity index is 570. The van der Waals surface area contributed by atoms with Gasteiger partial charge in [0.2, 0.25) is 0 Å². The molecule has 0 aliphatic carbocycles. The molecule has 0 bridgehead atoms. The minimum Gasteiger partial charge on any atom is -0.303 e. The van der Waals surface area contributed by atoms with Crippen molar-refractivity contribution < 1.29 is 0 Å². The van der Waals surface area contributed by atoms with E-state index in [1.807, 2.05) is 6.20 Å². The SMILES string of the molecule is Cc1cccn2c(C3CCCN(C(C)C)C3)ncc12. The fourth-order valence-electron chi connectivity index (χ4n) is 3.17. The second-order valence-electron chi connectivity index (χ2n) is 5.99. The Morgan fingerprint density at radius 2 is 2.21 bits per heavy atom. The van der Waals surface area contributed by atoms with Gasteiger partial charge in [0.05, 0.1) is 11.7 Å². The summed E-state index contributed by atoms with van der Waals surface area (Å²) in [5.41, 5.74) is 2.55. The summed E-state index contributed by atoms with van der Waals surface area (Å²) in [6.07, 6.45) is 6.72. The summed E-state index contributed by atoms with van der Waals surface area (Å²) >= 11 is 0. The van der Waals surface area contributed by atoms with Crippen molar-refractivity contribution in [2.75, 3.05) is 13.1 Å². The van der Waals surface area contributed by atoms with Gasteiger partial charge in [-0.25, -0.2) is 4.98 Å². The van der Waals surface area contributed by atoms with E-state index in [9.17, 15) is 0 Å². The second kappa shape index (κ2) is 4.97. The Morgan fingerprint density at radius 1 is 1.37 bits per heavy atom. The fraction of sp³-hybridized carbons (Fsp3) is 0.562. The summed E-state index contributed by atoms with van der Waals surface area (Å²) in [6, 6.07) is 4.91. The predicted octanol–water partition coefficient (Wildman–Crippen LogP) is 3.23. The van der Waals surface area contributed by atoms with Gasteiger partial charge in [0.25, 0.3) is 0 Å². The van der Waals surface area contributed by atoms with Gasteiger partial charge in [-0.2, -0.15) is 0 Å². The van der Waals surface area contributed by atoms with Crippen molar-refractivity contribution in [2.45, 2.75) is 45.6 Å². The maximum Gasteiger partial charge on any atom is 0.117 e. The quantitative estimate of drug-likeness (QED) is 0.823. The number of piperidine rings is 1. The molecule has 3 heterocycles. The summed E-state index contributed by atoms with van der Waals surface area (Å²) in [5.74, 6) is 1.81. The first kappa shape index (κ1) is 12.7. The number of aromatic nitrogens is 2. The van der Waals surface area contributed by atoms with Crippen molar-refractivity contribution in [3.63, 3.8) is 0 Å². The molecule has 102 valence electrons. The smallest absolute Gasteiger partial charge is 0.117 e. The highest BCUT2D eigenvalue weighted by Crippen LogP contribution is 2.28. The minimum absolute atomic E-state index is 0.570. The van der Waals surface area contributed by atoms with Crippen LogP contribution in [-0.4, -0.2) is 33.4 Å². The molecule has 0 N–H and O–H groups in total. The van der Waals surface area contributed by atoms with Crippen LogP contribution in [0.4, 0.5) is 0 Å². The van der Waals surface area contributed by atoms with Gasteiger partial charge in [-0.15, -0.1) is 0 Å². The number of nitrogens with zero attached hydrogens (tertiary/aromatic N) is 3. The number of pyridine rings is 1. The van der Waals surface area contributed by atoms with Gasteiger partial charge in [0, 0.05) is 24.7 Å². The van der Waals surface area contributed by atoms with Crippen LogP contribution in [0, 0.1) is 6.92 Å². The number of hydrogen-bond donors (Lipinski definition) is 0. The zero-order chi connectivity index (χ0) is 13.4. The predicted molar refractivity (Wildman–Crippen MR) is 78.6 cm³/mol. The Labute approximate surface area is 115 Å². The average molecular weight is 257 g/mol. The molecule has 1 aliphatic rings. The lowest BCUT2D eigenvalue weighted by atomic mass is 9.96. The van der Waals surface area contributed by atoms with Crippen molar-refractivity contribution in [2.24, 2.45) is 0 Å². The molecule has 1 aliphatic heterocycles. The van der Waals surface area contributed by atoms with E-state index in [1.54, 1.807) is 0 Å². The molecule has 1 atom stereocenters. The Morgan fingerprint density at radius 3 is 3.00 bits per heavy atom. The molecule has 0 amide bonds. The van der Waals surface area contributed by atoms with Crippen LogP contribution in [-0.2, 0) is 0 Å². The molecular weight excluding hydrogens is 234 g/mol. The summed E-state index contributed by atoms with van der Waals surface area (Å²) < 4.78 is 2.28. The third-order valence-corrected chi connectivity index (χ3v) is 4.36. The van der Waals surface area contributed by atoms with Gasteiger partial charge >= 0.3 is 0 Å². The molecule has 0 spiro atoms. The van der Waals surface area contributed by atoms with Crippen LogP contribution in [0.15, 0.2) is 24.5 Å². The number of likely N-dealkylation sites (tertiary alicyclic amines) is 1. The molecule has 19 heavy (non-hydrogen) atoms. The lowest BCUT2D eigenvalue weighted by Gasteiger charge is -2.34. The standard InChI is InChI=1S/C16H23N3/c1-12(2)18-8-5-7-14(11-18)16-17-10-15-13(3)6-4-9-19(15)16/h4,6,9-10,12,14H,5,7-8,11H2,1-3H3. The molecule has 0 saturated carbocycles. The summed E-state index contributed by atoms with van der Waals surface area (Å²) in [4.78, 5) is 7.28. The van der Waals surface area contributed by atoms with Gasteiger partial charge in [0.1, 0.15) is 5.82 Å². The van der Waals surface area contributed by atoms with E-state index in [-0.39, 0.29) is 0 Å². The summed E-state index contributed by atoms with van der Waals surface area (Å²) in [5, 5.41) is 0. The molecule has 1 fully saturated rings. The van der Waals surface area contributed by atoms with Crippen LogP contribution in [0.1, 0.15) is 44.0 Å². The normalized spacial score (nSPS) is 21.4. The summed E-state index contributed by atoms with van der Waals surface area (Å²) in [7, 11) is 0. The van der Waals surface area contributed by atoms with Crippen LogP contribution < -0.4 is 0 Å². The van der Waals surface area contributed by atoms with E-state index >= 15 is 0 Å². The van der Waals surface area contributed by atoms with E-state index < -0.39 is 0 Å². The monoisotopic (exact) mass is 257 g/mol.